The van der Waals surface area contributed by atoms with Crippen LogP contribution in [0.1, 0.15) is 29.8 Å². The maximum atomic E-state index is 11.8. The van der Waals surface area contributed by atoms with E-state index in [9.17, 15) is 9.59 Å². The largest absolute Gasteiger partial charge is 0.354 e. The van der Waals surface area contributed by atoms with Gasteiger partial charge < -0.3 is 10.6 Å². The van der Waals surface area contributed by atoms with Crippen LogP contribution in [0.4, 0.5) is 0 Å². The highest BCUT2D eigenvalue weighted by atomic mass is 79.9. The molecule has 1 rings (SSSR count). The van der Waals surface area contributed by atoms with Gasteiger partial charge in [0.2, 0.25) is 5.91 Å². The molecule has 4 nitrogen and oxygen atoms in total. The van der Waals surface area contributed by atoms with Crippen molar-refractivity contribution in [1.29, 1.82) is 0 Å². The van der Waals surface area contributed by atoms with Crippen LogP contribution in [0.3, 0.4) is 0 Å². The van der Waals surface area contributed by atoms with Crippen molar-refractivity contribution in [3.8, 4) is 0 Å². The quantitative estimate of drug-likeness (QED) is 0.815. The van der Waals surface area contributed by atoms with Gasteiger partial charge in [0, 0.05) is 29.0 Å². The first-order valence-electron chi connectivity index (χ1n) is 6.24. The number of benzene rings is 1. The van der Waals surface area contributed by atoms with E-state index in [-0.39, 0.29) is 17.7 Å². The molecule has 0 spiro atoms. The van der Waals surface area contributed by atoms with Crippen LogP contribution in [0.25, 0.3) is 0 Å². The van der Waals surface area contributed by atoms with Gasteiger partial charge in [-0.3, -0.25) is 9.59 Å². The second-order valence-electron chi connectivity index (χ2n) is 4.67. The molecule has 0 aliphatic heterocycles. The molecule has 5 heteroatoms. The van der Waals surface area contributed by atoms with Crippen molar-refractivity contribution < 1.29 is 9.59 Å². The Morgan fingerprint density at radius 3 is 2.42 bits per heavy atom. The van der Waals surface area contributed by atoms with Crippen molar-refractivity contribution in [3.05, 3.63) is 33.8 Å². The van der Waals surface area contributed by atoms with Crippen LogP contribution >= 0.6 is 15.9 Å². The van der Waals surface area contributed by atoms with E-state index in [0.717, 1.165) is 10.0 Å². The number of rotatable bonds is 5. The van der Waals surface area contributed by atoms with E-state index in [1.807, 2.05) is 32.9 Å². The third kappa shape index (κ3) is 5.03. The van der Waals surface area contributed by atoms with Gasteiger partial charge in [-0.25, -0.2) is 0 Å². The molecule has 0 unspecified atom stereocenters. The lowest BCUT2D eigenvalue weighted by molar-refractivity contribution is -0.123. The van der Waals surface area contributed by atoms with Gasteiger partial charge in [0.25, 0.3) is 5.91 Å². The van der Waals surface area contributed by atoms with Crippen LogP contribution in [0.5, 0.6) is 0 Å². The predicted molar refractivity (Wildman–Crippen MR) is 79.1 cm³/mol. The number of nitrogens with one attached hydrogen (secondary N) is 2. The fourth-order valence-electron chi connectivity index (χ4n) is 1.45. The highest BCUT2D eigenvalue weighted by molar-refractivity contribution is 9.10. The summed E-state index contributed by atoms with van der Waals surface area (Å²) in [6.07, 6.45) is 0. The van der Waals surface area contributed by atoms with Gasteiger partial charge in [0.05, 0.1) is 0 Å². The molecule has 2 N–H and O–H groups in total. The zero-order chi connectivity index (χ0) is 14.4. The van der Waals surface area contributed by atoms with Gasteiger partial charge in [-0.1, -0.05) is 29.8 Å². The third-order valence-corrected chi connectivity index (χ3v) is 3.54. The first-order valence-corrected chi connectivity index (χ1v) is 7.03. The van der Waals surface area contributed by atoms with Gasteiger partial charge in [0.1, 0.15) is 0 Å². The van der Waals surface area contributed by atoms with E-state index in [1.165, 1.54) is 0 Å². The number of hydrogen-bond acceptors (Lipinski definition) is 2. The van der Waals surface area contributed by atoms with Gasteiger partial charge in [-0.05, 0) is 30.7 Å². The minimum Gasteiger partial charge on any atom is -0.354 e. The molecule has 0 aliphatic carbocycles. The fourth-order valence-corrected chi connectivity index (χ4v) is 1.70. The molecule has 1 aromatic carbocycles. The van der Waals surface area contributed by atoms with Crippen molar-refractivity contribution in [2.45, 2.75) is 20.8 Å². The second-order valence-corrected chi connectivity index (χ2v) is 5.52. The maximum absolute atomic E-state index is 11.8. The van der Waals surface area contributed by atoms with Gasteiger partial charge >= 0.3 is 0 Å². The first-order chi connectivity index (χ1) is 8.91. The lowest BCUT2D eigenvalue weighted by atomic mass is 10.1. The summed E-state index contributed by atoms with van der Waals surface area (Å²) in [5.74, 6) is -0.173. The first kappa shape index (κ1) is 15.7. The summed E-state index contributed by atoms with van der Waals surface area (Å²) in [6, 6.07) is 5.44. The summed E-state index contributed by atoms with van der Waals surface area (Å²) in [4.78, 5) is 23.2. The number of hydrogen-bond donors (Lipinski definition) is 2. The van der Waals surface area contributed by atoms with Crippen molar-refractivity contribution >= 4 is 27.7 Å². The molecule has 104 valence electrons. The molecule has 0 aliphatic rings. The van der Waals surface area contributed by atoms with Gasteiger partial charge in [-0.2, -0.15) is 0 Å². The van der Waals surface area contributed by atoms with E-state index in [2.05, 4.69) is 26.6 Å². The van der Waals surface area contributed by atoms with Crippen LogP contribution in [0.15, 0.2) is 22.7 Å². The van der Waals surface area contributed by atoms with E-state index >= 15 is 0 Å². The number of carbonyl (C=O) groups excluding carboxylic acids is 2. The second kappa shape index (κ2) is 7.28. The van der Waals surface area contributed by atoms with Crippen molar-refractivity contribution in [1.82, 2.24) is 10.6 Å². The standard InChI is InChI=1S/C14H19BrN2O2/c1-9(2)13(18)16-6-7-17-14(19)11-4-5-12(15)10(3)8-11/h4-5,8-9H,6-7H2,1-3H3,(H,16,18)(H,17,19). The highest BCUT2D eigenvalue weighted by Crippen LogP contribution is 2.16. The smallest absolute Gasteiger partial charge is 0.251 e. The predicted octanol–water partition coefficient (Wildman–Crippen LogP) is 2.26. The summed E-state index contributed by atoms with van der Waals surface area (Å²) in [5.41, 5.74) is 1.64. The molecular weight excluding hydrogens is 308 g/mol. The summed E-state index contributed by atoms with van der Waals surface area (Å²) in [6.45, 7) is 6.46. The highest BCUT2D eigenvalue weighted by Gasteiger charge is 2.08. The van der Waals surface area contributed by atoms with Crippen molar-refractivity contribution in [3.63, 3.8) is 0 Å². The lowest BCUT2D eigenvalue weighted by Crippen LogP contribution is -2.36. The van der Waals surface area contributed by atoms with E-state index in [1.54, 1.807) is 6.07 Å². The monoisotopic (exact) mass is 326 g/mol. The Morgan fingerprint density at radius 2 is 1.84 bits per heavy atom. The molecule has 2 amide bonds. The summed E-state index contributed by atoms with van der Waals surface area (Å²) >= 11 is 3.39. The average Bonchev–Trinajstić information content (AvgIpc) is 2.37. The molecule has 1 aromatic rings. The van der Waals surface area contributed by atoms with E-state index in [4.69, 9.17) is 0 Å². The Bertz CT molecular complexity index is 473. The molecular formula is C14H19BrN2O2. The molecule has 0 heterocycles. The molecule has 0 fully saturated rings. The summed E-state index contributed by atoms with van der Waals surface area (Å²) in [5, 5.41) is 5.52. The average molecular weight is 327 g/mol. The molecule has 0 atom stereocenters. The number of amides is 2. The maximum Gasteiger partial charge on any atom is 0.251 e. The van der Waals surface area contributed by atoms with E-state index < -0.39 is 0 Å². The zero-order valence-corrected chi connectivity index (χ0v) is 13.0. The fraction of sp³-hybridized carbons (Fsp3) is 0.429. The summed E-state index contributed by atoms with van der Waals surface area (Å²) < 4.78 is 0.980. The van der Waals surface area contributed by atoms with Crippen LogP contribution in [0.2, 0.25) is 0 Å². The molecule has 0 radical (unpaired) electrons. The van der Waals surface area contributed by atoms with Crippen molar-refractivity contribution in [2.24, 2.45) is 5.92 Å². The summed E-state index contributed by atoms with van der Waals surface area (Å²) in [7, 11) is 0. The van der Waals surface area contributed by atoms with Crippen LogP contribution in [-0.2, 0) is 4.79 Å². The van der Waals surface area contributed by atoms with Crippen molar-refractivity contribution in [2.75, 3.05) is 13.1 Å². The number of carbonyl (C=O) groups is 2. The molecule has 0 bridgehead atoms. The Labute approximate surface area is 122 Å². The Kier molecular flexibility index (Phi) is 6.02. The van der Waals surface area contributed by atoms with Gasteiger partial charge in [-0.15, -0.1) is 0 Å². The Hall–Kier alpha value is -1.36. The molecule has 19 heavy (non-hydrogen) atoms. The molecule has 0 saturated heterocycles. The minimum atomic E-state index is -0.130. The normalized spacial score (nSPS) is 10.4. The number of halogens is 1. The topological polar surface area (TPSA) is 58.2 Å². The molecule has 0 saturated carbocycles. The van der Waals surface area contributed by atoms with Gasteiger partial charge in [0.15, 0.2) is 0 Å². The van der Waals surface area contributed by atoms with Crippen LogP contribution < -0.4 is 10.6 Å². The van der Waals surface area contributed by atoms with Crippen LogP contribution in [0, 0.1) is 12.8 Å². The Balaban J connectivity index is 2.39. The number of aryl methyl sites for hydroxylation is 1. The SMILES string of the molecule is Cc1cc(C(=O)NCCNC(=O)C(C)C)ccc1Br. The minimum absolute atomic E-state index is 0.00580. The third-order valence-electron chi connectivity index (χ3n) is 2.65. The molecule has 0 aromatic heterocycles. The van der Waals surface area contributed by atoms with E-state index in [0.29, 0.717) is 18.7 Å². The lowest BCUT2D eigenvalue weighted by Gasteiger charge is -2.09. The van der Waals surface area contributed by atoms with Crippen LogP contribution in [-0.4, -0.2) is 24.9 Å². The zero-order valence-electron chi connectivity index (χ0n) is 11.4. The Morgan fingerprint density at radius 1 is 1.21 bits per heavy atom.